The number of carbonyl (C=O) groups is 1. The summed E-state index contributed by atoms with van der Waals surface area (Å²) in [6.45, 7) is 8.76. The molecule has 0 saturated carbocycles. The van der Waals surface area contributed by atoms with E-state index in [0.717, 1.165) is 24.1 Å². The third kappa shape index (κ3) is 5.21. The lowest BCUT2D eigenvalue weighted by Gasteiger charge is -2.03. The van der Waals surface area contributed by atoms with E-state index in [1.807, 2.05) is 52.0 Å². The van der Waals surface area contributed by atoms with Gasteiger partial charge in [0.15, 0.2) is 0 Å². The van der Waals surface area contributed by atoms with Crippen LogP contribution in [0.5, 0.6) is 0 Å². The molecule has 1 aromatic carbocycles. The highest BCUT2D eigenvalue weighted by Crippen LogP contribution is 2.03. The lowest BCUT2D eigenvalue weighted by atomic mass is 10.1. The van der Waals surface area contributed by atoms with Crippen LogP contribution in [0.15, 0.2) is 24.3 Å². The molecule has 0 saturated heterocycles. The molecule has 1 rings (SSSR count). The summed E-state index contributed by atoms with van der Waals surface area (Å²) in [6, 6.07) is 7.61. The second-order valence-electron chi connectivity index (χ2n) is 3.13. The minimum absolute atomic E-state index is 0.0190. The Kier molecular flexibility index (Phi) is 7.33. The number of nitrogens with one attached hydrogen (secondary N) is 1. The molecule has 0 aliphatic carbocycles. The lowest BCUT2D eigenvalue weighted by molar-refractivity contribution is 0.0953. The van der Waals surface area contributed by atoms with Gasteiger partial charge >= 0.3 is 0 Å². The molecule has 0 aromatic heterocycles. The molecule has 15 heavy (non-hydrogen) atoms. The number of aryl methyl sites for hydroxylation is 1. The molecule has 2 heteroatoms. The standard InChI is InChI=1S/C11H15NO.C2H6/c1-3-7-12-11(13)10-6-4-5-9(2)8-10;1-2/h4-6,8H,3,7H2,1-2H3,(H,12,13);1-2H3. The van der Waals surface area contributed by atoms with Crippen LogP contribution in [0.3, 0.4) is 0 Å². The van der Waals surface area contributed by atoms with Crippen LogP contribution in [-0.2, 0) is 0 Å². The van der Waals surface area contributed by atoms with E-state index in [-0.39, 0.29) is 5.91 Å². The first-order valence-electron chi connectivity index (χ1n) is 5.59. The van der Waals surface area contributed by atoms with Crippen molar-refractivity contribution in [3.05, 3.63) is 35.4 Å². The van der Waals surface area contributed by atoms with Crippen LogP contribution in [-0.4, -0.2) is 12.5 Å². The van der Waals surface area contributed by atoms with Crippen molar-refractivity contribution in [1.29, 1.82) is 0 Å². The fraction of sp³-hybridized carbons (Fsp3) is 0.462. The van der Waals surface area contributed by atoms with Crippen LogP contribution in [0, 0.1) is 6.92 Å². The third-order valence-electron chi connectivity index (χ3n) is 1.82. The van der Waals surface area contributed by atoms with Crippen molar-refractivity contribution in [3.8, 4) is 0 Å². The summed E-state index contributed by atoms with van der Waals surface area (Å²) in [6.07, 6.45) is 0.970. The summed E-state index contributed by atoms with van der Waals surface area (Å²) in [7, 11) is 0. The van der Waals surface area contributed by atoms with E-state index in [9.17, 15) is 4.79 Å². The van der Waals surface area contributed by atoms with E-state index in [4.69, 9.17) is 0 Å². The number of rotatable bonds is 3. The van der Waals surface area contributed by atoms with Gasteiger partial charge in [0, 0.05) is 12.1 Å². The van der Waals surface area contributed by atoms with Gasteiger partial charge < -0.3 is 5.32 Å². The highest BCUT2D eigenvalue weighted by atomic mass is 16.1. The summed E-state index contributed by atoms with van der Waals surface area (Å²) >= 11 is 0. The van der Waals surface area contributed by atoms with Gasteiger partial charge in [-0.2, -0.15) is 0 Å². The highest BCUT2D eigenvalue weighted by Gasteiger charge is 2.02. The Morgan fingerprint density at radius 2 is 2.00 bits per heavy atom. The van der Waals surface area contributed by atoms with E-state index >= 15 is 0 Å². The van der Waals surface area contributed by atoms with E-state index < -0.39 is 0 Å². The quantitative estimate of drug-likeness (QED) is 0.810. The summed E-state index contributed by atoms with van der Waals surface area (Å²) in [5.74, 6) is 0.0190. The average Bonchev–Trinajstić information content (AvgIpc) is 2.28. The highest BCUT2D eigenvalue weighted by molar-refractivity contribution is 5.94. The van der Waals surface area contributed by atoms with Gasteiger partial charge in [0.05, 0.1) is 0 Å². The zero-order valence-corrected chi connectivity index (χ0v) is 10.1. The van der Waals surface area contributed by atoms with Gasteiger partial charge in [-0.25, -0.2) is 0 Å². The smallest absolute Gasteiger partial charge is 0.251 e. The molecule has 0 radical (unpaired) electrons. The molecule has 0 spiro atoms. The van der Waals surface area contributed by atoms with Crippen molar-refractivity contribution in [1.82, 2.24) is 5.32 Å². The molecule has 2 nitrogen and oxygen atoms in total. The van der Waals surface area contributed by atoms with Gasteiger partial charge in [-0.15, -0.1) is 0 Å². The number of carbonyl (C=O) groups excluding carboxylic acids is 1. The molecule has 0 aliphatic heterocycles. The van der Waals surface area contributed by atoms with Crippen molar-refractivity contribution in [2.24, 2.45) is 0 Å². The predicted molar refractivity (Wildman–Crippen MR) is 65.2 cm³/mol. The molecule has 1 amide bonds. The Morgan fingerprint density at radius 1 is 1.33 bits per heavy atom. The first kappa shape index (κ1) is 13.7. The van der Waals surface area contributed by atoms with Crippen LogP contribution in [0.1, 0.15) is 43.1 Å². The van der Waals surface area contributed by atoms with Crippen molar-refractivity contribution in [2.45, 2.75) is 34.1 Å². The predicted octanol–water partition coefficient (Wildman–Crippen LogP) is 3.16. The number of hydrogen-bond donors (Lipinski definition) is 1. The van der Waals surface area contributed by atoms with Gasteiger partial charge in [-0.05, 0) is 25.5 Å². The normalized spacial score (nSPS) is 8.80. The first-order chi connectivity index (χ1) is 7.24. The molecule has 0 bridgehead atoms. The first-order valence-corrected chi connectivity index (χ1v) is 5.59. The zero-order valence-electron chi connectivity index (χ0n) is 10.1. The molecular formula is C13H21NO. The van der Waals surface area contributed by atoms with Crippen LogP contribution in [0.2, 0.25) is 0 Å². The molecular weight excluding hydrogens is 186 g/mol. The van der Waals surface area contributed by atoms with Crippen LogP contribution >= 0.6 is 0 Å². The molecule has 0 heterocycles. The van der Waals surface area contributed by atoms with Crippen LogP contribution in [0.4, 0.5) is 0 Å². The zero-order chi connectivity index (χ0) is 11.7. The van der Waals surface area contributed by atoms with Crippen molar-refractivity contribution in [2.75, 3.05) is 6.54 Å². The van der Waals surface area contributed by atoms with Gasteiger partial charge in [-0.3, -0.25) is 4.79 Å². The molecule has 1 N–H and O–H groups in total. The van der Waals surface area contributed by atoms with Gasteiger partial charge in [-0.1, -0.05) is 38.5 Å². The third-order valence-corrected chi connectivity index (χ3v) is 1.82. The van der Waals surface area contributed by atoms with Gasteiger partial charge in [0.2, 0.25) is 0 Å². The summed E-state index contributed by atoms with van der Waals surface area (Å²) in [5, 5.41) is 2.84. The fourth-order valence-electron chi connectivity index (χ4n) is 1.13. The van der Waals surface area contributed by atoms with Crippen molar-refractivity contribution >= 4 is 5.91 Å². The second-order valence-corrected chi connectivity index (χ2v) is 3.13. The average molecular weight is 207 g/mol. The fourth-order valence-corrected chi connectivity index (χ4v) is 1.13. The molecule has 0 fully saturated rings. The molecule has 84 valence electrons. The molecule has 1 aromatic rings. The SMILES string of the molecule is CC.CCCNC(=O)c1cccc(C)c1. The summed E-state index contributed by atoms with van der Waals surface area (Å²) in [4.78, 5) is 11.4. The van der Waals surface area contributed by atoms with E-state index in [1.165, 1.54) is 0 Å². The Morgan fingerprint density at radius 3 is 2.53 bits per heavy atom. The number of hydrogen-bond acceptors (Lipinski definition) is 1. The van der Waals surface area contributed by atoms with Crippen LogP contribution < -0.4 is 5.32 Å². The van der Waals surface area contributed by atoms with E-state index in [0.29, 0.717) is 0 Å². The van der Waals surface area contributed by atoms with E-state index in [1.54, 1.807) is 0 Å². The minimum Gasteiger partial charge on any atom is -0.352 e. The number of benzene rings is 1. The maximum Gasteiger partial charge on any atom is 0.251 e. The molecule has 0 unspecified atom stereocenters. The minimum atomic E-state index is 0.0190. The van der Waals surface area contributed by atoms with E-state index in [2.05, 4.69) is 5.32 Å². The van der Waals surface area contributed by atoms with Gasteiger partial charge in [0.1, 0.15) is 0 Å². The van der Waals surface area contributed by atoms with Gasteiger partial charge in [0.25, 0.3) is 5.91 Å². The van der Waals surface area contributed by atoms with Crippen LogP contribution in [0.25, 0.3) is 0 Å². The summed E-state index contributed by atoms with van der Waals surface area (Å²) < 4.78 is 0. The van der Waals surface area contributed by atoms with Crippen molar-refractivity contribution in [3.63, 3.8) is 0 Å². The lowest BCUT2D eigenvalue weighted by Crippen LogP contribution is -2.23. The Balaban J connectivity index is 0.000000921. The monoisotopic (exact) mass is 207 g/mol. The topological polar surface area (TPSA) is 29.1 Å². The second kappa shape index (κ2) is 8.04. The largest absolute Gasteiger partial charge is 0.352 e. The van der Waals surface area contributed by atoms with Crippen molar-refractivity contribution < 1.29 is 4.79 Å². The number of amides is 1. The molecule has 0 aliphatic rings. The molecule has 0 atom stereocenters. The Labute approximate surface area is 92.7 Å². The maximum absolute atomic E-state index is 11.4. The summed E-state index contributed by atoms with van der Waals surface area (Å²) in [5.41, 5.74) is 1.86. The Bertz CT molecular complexity index is 294. The maximum atomic E-state index is 11.4. The Hall–Kier alpha value is -1.31.